The molecule has 5 heteroatoms. The molecule has 2 heterocycles. The summed E-state index contributed by atoms with van der Waals surface area (Å²) in [5.74, 6) is -0.141. The summed E-state index contributed by atoms with van der Waals surface area (Å²) in [6, 6.07) is 1.28. The summed E-state index contributed by atoms with van der Waals surface area (Å²) in [6.45, 7) is 1.42. The Morgan fingerprint density at radius 3 is 3.00 bits per heavy atom. The maximum Gasteiger partial charge on any atom is 0.250 e. The predicted octanol–water partition coefficient (Wildman–Crippen LogP) is 0.454. The third-order valence-corrected chi connectivity index (χ3v) is 1.83. The van der Waals surface area contributed by atoms with E-state index in [2.05, 4.69) is 15.2 Å². The largest absolute Gasteiger partial charge is 0.307 e. The van der Waals surface area contributed by atoms with Gasteiger partial charge in [-0.25, -0.2) is 0 Å². The summed E-state index contributed by atoms with van der Waals surface area (Å²) in [4.78, 5) is 24.7. The number of pyridine rings is 1. The molecule has 0 spiro atoms. The molecule has 0 aromatic carbocycles. The number of rotatable bonds is 1. The number of carbonyl (C=O) groups excluding carboxylic acids is 1. The Labute approximate surface area is 72.8 Å². The first-order valence-corrected chi connectivity index (χ1v) is 3.76. The second kappa shape index (κ2) is 2.55. The standard InChI is InChI=1S/C8H7N3O2/c1-4(12)5-2-7(13)10-8-6(5)3-9-11-8/h2-3H,1H3,(H2,9,10,11,13). The van der Waals surface area contributed by atoms with Crippen molar-refractivity contribution in [2.75, 3.05) is 0 Å². The van der Waals surface area contributed by atoms with Crippen molar-refractivity contribution in [1.82, 2.24) is 15.2 Å². The number of nitrogens with one attached hydrogen (secondary N) is 2. The first-order valence-electron chi connectivity index (χ1n) is 3.76. The molecular weight excluding hydrogens is 170 g/mol. The van der Waals surface area contributed by atoms with Crippen LogP contribution in [-0.2, 0) is 0 Å². The fraction of sp³-hybridized carbons (Fsp3) is 0.125. The summed E-state index contributed by atoms with van der Waals surface area (Å²) in [5, 5.41) is 6.98. The number of fused-ring (bicyclic) bond motifs is 1. The van der Waals surface area contributed by atoms with Crippen molar-refractivity contribution < 1.29 is 4.79 Å². The molecule has 0 unspecified atom stereocenters. The van der Waals surface area contributed by atoms with Gasteiger partial charge < -0.3 is 4.98 Å². The van der Waals surface area contributed by atoms with E-state index < -0.39 is 0 Å². The molecule has 0 amide bonds. The molecule has 13 heavy (non-hydrogen) atoms. The minimum absolute atomic E-state index is 0.141. The molecule has 0 aliphatic carbocycles. The van der Waals surface area contributed by atoms with Crippen LogP contribution >= 0.6 is 0 Å². The van der Waals surface area contributed by atoms with E-state index in [1.807, 2.05) is 0 Å². The minimum Gasteiger partial charge on any atom is -0.307 e. The molecule has 2 aromatic rings. The van der Waals surface area contributed by atoms with Gasteiger partial charge in [0.25, 0.3) is 0 Å². The smallest absolute Gasteiger partial charge is 0.250 e. The van der Waals surface area contributed by atoms with Gasteiger partial charge in [-0.1, -0.05) is 0 Å². The van der Waals surface area contributed by atoms with Gasteiger partial charge in [0, 0.05) is 17.0 Å². The molecule has 0 aliphatic rings. The summed E-state index contributed by atoms with van der Waals surface area (Å²) >= 11 is 0. The van der Waals surface area contributed by atoms with Crippen molar-refractivity contribution in [3.63, 3.8) is 0 Å². The van der Waals surface area contributed by atoms with E-state index in [-0.39, 0.29) is 11.3 Å². The molecule has 66 valence electrons. The van der Waals surface area contributed by atoms with Gasteiger partial charge in [0.15, 0.2) is 5.78 Å². The first-order chi connectivity index (χ1) is 6.18. The van der Waals surface area contributed by atoms with Crippen LogP contribution in [0.5, 0.6) is 0 Å². The van der Waals surface area contributed by atoms with Gasteiger partial charge in [-0.05, 0) is 6.92 Å². The predicted molar refractivity (Wildman–Crippen MR) is 46.7 cm³/mol. The van der Waals surface area contributed by atoms with Crippen molar-refractivity contribution in [3.05, 3.63) is 28.2 Å². The molecule has 5 nitrogen and oxygen atoms in total. The van der Waals surface area contributed by atoms with Gasteiger partial charge in [0.2, 0.25) is 5.56 Å². The van der Waals surface area contributed by atoms with Crippen LogP contribution < -0.4 is 5.56 Å². The molecule has 0 radical (unpaired) electrons. The summed E-state index contributed by atoms with van der Waals surface area (Å²) in [5.41, 5.74) is 0.576. The van der Waals surface area contributed by atoms with Crippen LogP contribution in [0.25, 0.3) is 11.0 Å². The van der Waals surface area contributed by atoms with Gasteiger partial charge in [-0.3, -0.25) is 14.7 Å². The zero-order valence-electron chi connectivity index (χ0n) is 6.92. The lowest BCUT2D eigenvalue weighted by molar-refractivity contribution is 0.101. The van der Waals surface area contributed by atoms with Crippen molar-refractivity contribution in [1.29, 1.82) is 0 Å². The van der Waals surface area contributed by atoms with Crippen molar-refractivity contribution in [3.8, 4) is 0 Å². The van der Waals surface area contributed by atoms with Gasteiger partial charge in [0.05, 0.1) is 6.20 Å². The molecule has 2 rings (SSSR count). The SMILES string of the molecule is CC(=O)c1cc(=O)[nH]c2[nH]ncc12. The normalized spacial score (nSPS) is 10.5. The molecular formula is C8H7N3O2. The average molecular weight is 177 g/mol. The Bertz CT molecular complexity index is 523. The zero-order valence-corrected chi connectivity index (χ0v) is 6.92. The van der Waals surface area contributed by atoms with Gasteiger partial charge in [-0.2, -0.15) is 5.10 Å². The van der Waals surface area contributed by atoms with Gasteiger partial charge in [-0.15, -0.1) is 0 Å². The second-order valence-electron chi connectivity index (χ2n) is 2.76. The Morgan fingerprint density at radius 2 is 2.31 bits per heavy atom. The summed E-state index contributed by atoms with van der Waals surface area (Å²) < 4.78 is 0. The number of aromatic nitrogens is 3. The van der Waals surface area contributed by atoms with Crippen LogP contribution in [0.4, 0.5) is 0 Å². The molecule has 0 fully saturated rings. The number of hydrogen-bond donors (Lipinski definition) is 2. The minimum atomic E-state index is -0.304. The Kier molecular flexibility index (Phi) is 1.51. The highest BCUT2D eigenvalue weighted by molar-refractivity contribution is 6.04. The third kappa shape index (κ3) is 1.14. The Morgan fingerprint density at radius 1 is 1.54 bits per heavy atom. The van der Waals surface area contributed by atoms with E-state index >= 15 is 0 Å². The van der Waals surface area contributed by atoms with Crippen LogP contribution in [0.15, 0.2) is 17.1 Å². The second-order valence-corrected chi connectivity index (χ2v) is 2.76. The highest BCUT2D eigenvalue weighted by Gasteiger charge is 2.08. The first kappa shape index (κ1) is 7.72. The number of carbonyl (C=O) groups is 1. The van der Waals surface area contributed by atoms with Gasteiger partial charge in [0.1, 0.15) is 5.65 Å². The number of nitrogens with zero attached hydrogens (tertiary/aromatic N) is 1. The van der Waals surface area contributed by atoms with Crippen molar-refractivity contribution in [2.45, 2.75) is 6.92 Å². The molecule has 0 saturated carbocycles. The monoisotopic (exact) mass is 177 g/mol. The van der Waals surface area contributed by atoms with Crippen LogP contribution in [0.2, 0.25) is 0 Å². The highest BCUT2D eigenvalue weighted by Crippen LogP contribution is 2.11. The fourth-order valence-electron chi connectivity index (χ4n) is 1.25. The topological polar surface area (TPSA) is 78.6 Å². The van der Waals surface area contributed by atoms with Crippen LogP contribution in [-0.4, -0.2) is 21.0 Å². The van der Waals surface area contributed by atoms with E-state index in [9.17, 15) is 9.59 Å². The fourth-order valence-corrected chi connectivity index (χ4v) is 1.25. The number of H-pyrrole nitrogens is 2. The van der Waals surface area contributed by atoms with Crippen molar-refractivity contribution in [2.24, 2.45) is 0 Å². The van der Waals surface area contributed by atoms with Crippen molar-refractivity contribution >= 4 is 16.8 Å². The van der Waals surface area contributed by atoms with E-state index in [0.717, 1.165) is 0 Å². The van der Waals surface area contributed by atoms with E-state index in [0.29, 0.717) is 16.6 Å². The quantitative estimate of drug-likeness (QED) is 0.621. The van der Waals surface area contributed by atoms with Gasteiger partial charge >= 0.3 is 0 Å². The lowest BCUT2D eigenvalue weighted by atomic mass is 10.1. The molecule has 0 saturated heterocycles. The van der Waals surface area contributed by atoms with Crippen LogP contribution in [0.1, 0.15) is 17.3 Å². The lowest BCUT2D eigenvalue weighted by Gasteiger charge is -1.95. The zero-order chi connectivity index (χ0) is 9.42. The van der Waals surface area contributed by atoms with E-state index in [1.54, 1.807) is 0 Å². The highest BCUT2D eigenvalue weighted by atomic mass is 16.1. The Balaban J connectivity index is 2.93. The number of ketones is 1. The lowest BCUT2D eigenvalue weighted by Crippen LogP contribution is -2.08. The molecule has 2 N–H and O–H groups in total. The molecule has 0 atom stereocenters. The third-order valence-electron chi connectivity index (χ3n) is 1.83. The molecule has 0 bridgehead atoms. The van der Waals surface area contributed by atoms with E-state index in [1.165, 1.54) is 19.2 Å². The summed E-state index contributed by atoms with van der Waals surface area (Å²) in [7, 11) is 0. The average Bonchev–Trinajstić information content (AvgIpc) is 2.49. The number of Topliss-reactive ketones (excluding diaryl/α,β-unsaturated/α-hetero) is 1. The molecule has 0 aliphatic heterocycles. The Hall–Kier alpha value is -1.91. The molecule has 2 aromatic heterocycles. The van der Waals surface area contributed by atoms with E-state index in [4.69, 9.17) is 0 Å². The number of hydrogen-bond acceptors (Lipinski definition) is 3. The van der Waals surface area contributed by atoms with Crippen LogP contribution in [0, 0.1) is 0 Å². The maximum absolute atomic E-state index is 11.1. The number of aromatic amines is 2. The maximum atomic E-state index is 11.1. The summed E-state index contributed by atoms with van der Waals surface area (Å²) in [6.07, 6.45) is 1.52. The van der Waals surface area contributed by atoms with Crippen LogP contribution in [0.3, 0.4) is 0 Å².